The highest BCUT2D eigenvalue weighted by molar-refractivity contribution is 7.92. The number of nitrogens with one attached hydrogen (secondary N) is 1. The molecule has 10 heteroatoms. The lowest BCUT2D eigenvalue weighted by Gasteiger charge is -2.32. The Bertz CT molecular complexity index is 1380. The van der Waals surface area contributed by atoms with Crippen molar-refractivity contribution < 1.29 is 27.1 Å². The molecule has 0 radical (unpaired) electrons. The summed E-state index contributed by atoms with van der Waals surface area (Å²) in [5, 5.41) is 2.91. The van der Waals surface area contributed by atoms with Crippen LogP contribution >= 0.6 is 0 Å². The first-order valence-electron chi connectivity index (χ1n) is 13.7. The Kier molecular flexibility index (Phi) is 11.3. The van der Waals surface area contributed by atoms with E-state index in [2.05, 4.69) is 5.32 Å². The van der Waals surface area contributed by atoms with Crippen LogP contribution in [0.1, 0.15) is 39.7 Å². The molecule has 0 bridgehead atoms. The molecule has 3 aromatic carbocycles. The summed E-state index contributed by atoms with van der Waals surface area (Å²) in [5.74, 6) is -0.933. The molecular formula is C31H38FN3O5S. The van der Waals surface area contributed by atoms with Gasteiger partial charge in [-0.1, -0.05) is 37.3 Å². The van der Waals surface area contributed by atoms with Crippen molar-refractivity contribution in [2.45, 2.75) is 57.5 Å². The summed E-state index contributed by atoms with van der Waals surface area (Å²) in [6.45, 7) is 7.30. The van der Waals surface area contributed by atoms with Gasteiger partial charge in [0.05, 0.1) is 17.2 Å². The van der Waals surface area contributed by atoms with E-state index in [0.717, 1.165) is 28.4 Å². The van der Waals surface area contributed by atoms with E-state index in [1.165, 1.54) is 41.3 Å². The lowest BCUT2D eigenvalue weighted by Crippen LogP contribution is -2.53. The second-order valence-electron chi connectivity index (χ2n) is 9.71. The highest BCUT2D eigenvalue weighted by Crippen LogP contribution is 2.26. The summed E-state index contributed by atoms with van der Waals surface area (Å²) in [6.07, 6.45) is 1.19. The number of benzene rings is 3. The van der Waals surface area contributed by atoms with E-state index in [1.807, 2.05) is 51.1 Å². The number of sulfonamides is 1. The SMILES string of the molecule is CCOc1ccc(S(=O)(=O)N(CC(=O)N(CCc2ccccc2)[C@@H](C)C(=O)N[C@@H](C)CC)c2ccc(F)cc2)cc1. The number of halogens is 1. The normalized spacial score (nSPS) is 12.7. The van der Waals surface area contributed by atoms with Gasteiger partial charge < -0.3 is 15.0 Å². The molecule has 3 rings (SSSR count). The third-order valence-electron chi connectivity index (χ3n) is 6.77. The molecule has 2 amide bonds. The van der Waals surface area contributed by atoms with E-state index in [0.29, 0.717) is 18.8 Å². The molecule has 0 saturated heterocycles. The highest BCUT2D eigenvalue weighted by Gasteiger charge is 2.32. The second-order valence-corrected chi connectivity index (χ2v) is 11.6. The summed E-state index contributed by atoms with van der Waals surface area (Å²) < 4.78 is 47.8. The molecule has 0 saturated carbocycles. The number of carbonyl (C=O) groups is 2. The van der Waals surface area contributed by atoms with Gasteiger partial charge in [-0.05, 0) is 87.7 Å². The van der Waals surface area contributed by atoms with Crippen LogP contribution in [0.5, 0.6) is 5.75 Å². The lowest BCUT2D eigenvalue weighted by atomic mass is 10.1. The molecule has 220 valence electrons. The average molecular weight is 584 g/mol. The molecular weight excluding hydrogens is 545 g/mol. The molecule has 8 nitrogen and oxygen atoms in total. The summed E-state index contributed by atoms with van der Waals surface area (Å²) >= 11 is 0. The molecule has 1 N–H and O–H groups in total. The van der Waals surface area contributed by atoms with Crippen LogP contribution in [0.2, 0.25) is 0 Å². The predicted molar refractivity (Wildman–Crippen MR) is 158 cm³/mol. The van der Waals surface area contributed by atoms with E-state index < -0.39 is 34.3 Å². The van der Waals surface area contributed by atoms with Crippen LogP contribution in [0.3, 0.4) is 0 Å². The summed E-state index contributed by atoms with van der Waals surface area (Å²) in [5.41, 5.74) is 1.09. The Hall–Kier alpha value is -3.92. The van der Waals surface area contributed by atoms with Gasteiger partial charge in [-0.15, -0.1) is 0 Å². The fourth-order valence-electron chi connectivity index (χ4n) is 4.17. The first kappa shape index (κ1) is 31.6. The molecule has 0 fully saturated rings. The van der Waals surface area contributed by atoms with Gasteiger partial charge >= 0.3 is 0 Å². The van der Waals surface area contributed by atoms with Gasteiger partial charge in [0.15, 0.2) is 0 Å². The number of hydrogen-bond acceptors (Lipinski definition) is 5. The maximum Gasteiger partial charge on any atom is 0.264 e. The van der Waals surface area contributed by atoms with Crippen LogP contribution < -0.4 is 14.4 Å². The largest absolute Gasteiger partial charge is 0.494 e. The van der Waals surface area contributed by atoms with Crippen LogP contribution in [0.4, 0.5) is 10.1 Å². The molecule has 0 aromatic heterocycles. The van der Waals surface area contributed by atoms with E-state index >= 15 is 0 Å². The van der Waals surface area contributed by atoms with E-state index in [-0.39, 0.29) is 29.1 Å². The van der Waals surface area contributed by atoms with Crippen LogP contribution in [-0.4, -0.2) is 56.9 Å². The summed E-state index contributed by atoms with van der Waals surface area (Å²) in [4.78, 5) is 28.3. The second kappa shape index (κ2) is 14.6. The van der Waals surface area contributed by atoms with Crippen molar-refractivity contribution in [3.05, 3.63) is 90.2 Å². The van der Waals surface area contributed by atoms with Crippen LogP contribution in [0.15, 0.2) is 83.8 Å². The number of anilines is 1. The van der Waals surface area contributed by atoms with Crippen molar-refractivity contribution >= 4 is 27.5 Å². The molecule has 0 unspecified atom stereocenters. The molecule has 41 heavy (non-hydrogen) atoms. The van der Waals surface area contributed by atoms with Crippen molar-refractivity contribution in [3.8, 4) is 5.75 Å². The summed E-state index contributed by atoms with van der Waals surface area (Å²) in [6, 6.07) is 19.3. The maximum atomic E-state index is 13.9. The number of amides is 2. The molecule has 2 atom stereocenters. The Morgan fingerprint density at radius 3 is 2.15 bits per heavy atom. The molecule has 0 spiro atoms. The van der Waals surface area contributed by atoms with Gasteiger partial charge in [0.1, 0.15) is 24.2 Å². The number of ether oxygens (including phenoxy) is 1. The Labute approximate surface area is 242 Å². The van der Waals surface area contributed by atoms with Gasteiger partial charge in [-0.25, -0.2) is 12.8 Å². The minimum Gasteiger partial charge on any atom is -0.494 e. The monoisotopic (exact) mass is 583 g/mol. The highest BCUT2D eigenvalue weighted by atomic mass is 32.2. The van der Waals surface area contributed by atoms with Crippen molar-refractivity contribution in [1.82, 2.24) is 10.2 Å². The maximum absolute atomic E-state index is 13.9. The van der Waals surface area contributed by atoms with Gasteiger partial charge in [0.2, 0.25) is 11.8 Å². The zero-order valence-corrected chi connectivity index (χ0v) is 24.7. The third kappa shape index (κ3) is 8.53. The first-order chi connectivity index (χ1) is 19.6. The Balaban J connectivity index is 1.96. The van der Waals surface area contributed by atoms with Crippen LogP contribution in [-0.2, 0) is 26.0 Å². The lowest BCUT2D eigenvalue weighted by molar-refractivity contribution is -0.139. The topological polar surface area (TPSA) is 96.0 Å². The standard InChI is InChI=1S/C31H38FN3O5S/c1-5-23(3)33-31(37)24(4)34(21-20-25-10-8-7-9-11-25)30(36)22-35(27-14-12-26(32)13-15-27)41(38,39)29-18-16-28(17-19-29)40-6-2/h7-19,23-24H,5-6,20-22H2,1-4H3,(H,33,37)/t23-,24-/m0/s1. The summed E-state index contributed by atoms with van der Waals surface area (Å²) in [7, 11) is -4.26. The van der Waals surface area contributed by atoms with Crippen LogP contribution in [0.25, 0.3) is 0 Å². The van der Waals surface area contributed by atoms with Gasteiger partial charge in [-0.3, -0.25) is 13.9 Å². The van der Waals surface area contributed by atoms with E-state index in [1.54, 1.807) is 6.92 Å². The molecule has 0 aliphatic rings. The molecule has 0 aliphatic heterocycles. The van der Waals surface area contributed by atoms with Gasteiger partial charge in [-0.2, -0.15) is 0 Å². The minimum atomic E-state index is -4.26. The number of rotatable bonds is 14. The van der Waals surface area contributed by atoms with Crippen molar-refractivity contribution in [1.29, 1.82) is 0 Å². The molecule has 0 aliphatic carbocycles. The fraction of sp³-hybridized carbons (Fsp3) is 0.355. The van der Waals surface area contributed by atoms with Crippen molar-refractivity contribution in [2.24, 2.45) is 0 Å². The third-order valence-corrected chi connectivity index (χ3v) is 8.56. The van der Waals surface area contributed by atoms with Crippen molar-refractivity contribution in [3.63, 3.8) is 0 Å². The first-order valence-corrected chi connectivity index (χ1v) is 15.2. The van der Waals surface area contributed by atoms with E-state index in [4.69, 9.17) is 4.74 Å². The fourth-order valence-corrected chi connectivity index (χ4v) is 5.59. The Morgan fingerprint density at radius 2 is 1.56 bits per heavy atom. The van der Waals surface area contributed by atoms with Crippen molar-refractivity contribution in [2.75, 3.05) is 24.0 Å². The smallest absolute Gasteiger partial charge is 0.264 e. The number of nitrogens with zero attached hydrogens (tertiary/aromatic N) is 2. The zero-order valence-electron chi connectivity index (χ0n) is 23.9. The predicted octanol–water partition coefficient (Wildman–Crippen LogP) is 4.79. The molecule has 3 aromatic rings. The van der Waals surface area contributed by atoms with Gasteiger partial charge in [0.25, 0.3) is 10.0 Å². The van der Waals surface area contributed by atoms with Crippen LogP contribution in [0, 0.1) is 5.82 Å². The Morgan fingerprint density at radius 1 is 0.927 bits per heavy atom. The van der Waals surface area contributed by atoms with Gasteiger partial charge in [0, 0.05) is 12.6 Å². The average Bonchev–Trinajstić information content (AvgIpc) is 2.97. The minimum absolute atomic E-state index is 0.0588. The number of hydrogen-bond donors (Lipinski definition) is 1. The number of carbonyl (C=O) groups excluding carboxylic acids is 2. The molecule has 0 heterocycles. The zero-order chi connectivity index (χ0) is 30.0. The quantitative estimate of drug-likeness (QED) is 0.294. The van der Waals surface area contributed by atoms with E-state index in [9.17, 15) is 22.4 Å².